The van der Waals surface area contributed by atoms with E-state index < -0.39 is 29.2 Å². The van der Waals surface area contributed by atoms with Gasteiger partial charge in [-0.2, -0.15) is 22.5 Å². The minimum atomic E-state index is -1.60. The topological polar surface area (TPSA) is 16.1 Å². The van der Waals surface area contributed by atoms with Gasteiger partial charge in [0.25, 0.3) is 11.9 Å². The van der Waals surface area contributed by atoms with Crippen LogP contribution in [0, 0.1) is 28.9 Å². The van der Waals surface area contributed by atoms with Crippen molar-refractivity contribution in [2.75, 3.05) is 18.0 Å². The molecule has 0 amide bonds. The molecular formula is C13H16F4N2. The molecule has 0 bridgehead atoms. The van der Waals surface area contributed by atoms with Crippen molar-refractivity contribution < 1.29 is 17.6 Å². The maximum absolute atomic E-state index is 13.6. The van der Waals surface area contributed by atoms with Crippen LogP contribution in [0.25, 0.3) is 0 Å². The van der Waals surface area contributed by atoms with E-state index in [-0.39, 0.29) is 5.41 Å². The highest BCUT2D eigenvalue weighted by Gasteiger charge is 2.32. The van der Waals surface area contributed by atoms with E-state index in [1.165, 1.54) is 4.90 Å². The fraction of sp³-hybridized carbons (Fsp3) is 0.615. The van der Waals surface area contributed by atoms with Crippen molar-refractivity contribution in [3.05, 3.63) is 23.5 Å². The van der Waals surface area contributed by atoms with E-state index in [2.05, 4.69) is 18.8 Å². The summed E-state index contributed by atoms with van der Waals surface area (Å²) in [4.78, 5) is 3.92. The molecule has 1 fully saturated rings. The predicted octanol–water partition coefficient (Wildman–Crippen LogP) is 3.65. The molecule has 106 valence electrons. The lowest BCUT2D eigenvalue weighted by atomic mass is 9.78. The Bertz CT molecular complexity index is 456. The summed E-state index contributed by atoms with van der Waals surface area (Å²) in [7, 11) is 0. The van der Waals surface area contributed by atoms with Crippen LogP contribution in [0.3, 0.4) is 0 Å². The average Bonchev–Trinajstić information content (AvgIpc) is 2.39. The molecule has 0 N–H and O–H groups in total. The normalized spacial score (nSPS) is 18.7. The van der Waals surface area contributed by atoms with Crippen molar-refractivity contribution in [3.8, 4) is 0 Å². The minimum absolute atomic E-state index is 0.119. The average molecular weight is 276 g/mol. The van der Waals surface area contributed by atoms with Crippen LogP contribution in [0.4, 0.5) is 23.2 Å². The summed E-state index contributed by atoms with van der Waals surface area (Å²) in [5, 5.41) is 0. The Balaban J connectivity index is 2.30. The Kier molecular flexibility index (Phi) is 3.69. The van der Waals surface area contributed by atoms with E-state index in [1.807, 2.05) is 0 Å². The lowest BCUT2D eigenvalue weighted by Crippen LogP contribution is -2.39. The summed E-state index contributed by atoms with van der Waals surface area (Å²) in [5.74, 6) is -6.03. The number of halogens is 4. The maximum atomic E-state index is 13.6. The van der Waals surface area contributed by atoms with Crippen molar-refractivity contribution in [3.63, 3.8) is 0 Å². The van der Waals surface area contributed by atoms with E-state index in [9.17, 15) is 17.6 Å². The van der Waals surface area contributed by atoms with Gasteiger partial charge in [0, 0.05) is 13.1 Å². The van der Waals surface area contributed by atoms with Gasteiger partial charge in [0.2, 0.25) is 11.6 Å². The highest BCUT2D eigenvalue weighted by molar-refractivity contribution is 5.49. The Morgan fingerprint density at radius 2 is 1.53 bits per heavy atom. The smallest absolute Gasteiger partial charge is 0.253 e. The van der Waals surface area contributed by atoms with Crippen LogP contribution >= 0.6 is 0 Å². The number of aromatic nitrogens is 1. The summed E-state index contributed by atoms with van der Waals surface area (Å²) in [5.41, 5.74) is -0.517. The molecule has 2 rings (SSSR count). The second-order valence-corrected chi connectivity index (χ2v) is 5.32. The first kappa shape index (κ1) is 14.1. The van der Waals surface area contributed by atoms with E-state index in [0.717, 1.165) is 19.3 Å². The molecule has 2 nitrogen and oxygen atoms in total. The molecule has 0 aliphatic carbocycles. The van der Waals surface area contributed by atoms with Crippen LogP contribution in [0.2, 0.25) is 0 Å². The quantitative estimate of drug-likeness (QED) is 0.605. The van der Waals surface area contributed by atoms with Crippen molar-refractivity contribution in [1.29, 1.82) is 0 Å². The van der Waals surface area contributed by atoms with Gasteiger partial charge in [0.15, 0.2) is 0 Å². The summed E-state index contributed by atoms with van der Waals surface area (Å²) >= 11 is 0. The lowest BCUT2D eigenvalue weighted by Gasteiger charge is -2.40. The monoisotopic (exact) mass is 276 g/mol. The number of hydrogen-bond donors (Lipinski definition) is 0. The molecular weight excluding hydrogens is 260 g/mol. The van der Waals surface area contributed by atoms with Gasteiger partial charge in [-0.1, -0.05) is 20.3 Å². The van der Waals surface area contributed by atoms with E-state index in [0.29, 0.717) is 13.1 Å². The van der Waals surface area contributed by atoms with Gasteiger partial charge < -0.3 is 4.90 Å². The molecule has 0 unspecified atom stereocenters. The molecule has 1 saturated heterocycles. The zero-order valence-electron chi connectivity index (χ0n) is 10.9. The second-order valence-electron chi connectivity index (χ2n) is 5.32. The van der Waals surface area contributed by atoms with Gasteiger partial charge in [-0.05, 0) is 18.3 Å². The Morgan fingerprint density at radius 3 is 1.95 bits per heavy atom. The number of hydrogen-bond acceptors (Lipinski definition) is 2. The van der Waals surface area contributed by atoms with E-state index >= 15 is 0 Å². The molecule has 2 heterocycles. The Morgan fingerprint density at radius 1 is 1.05 bits per heavy atom. The van der Waals surface area contributed by atoms with Gasteiger partial charge in [-0.25, -0.2) is 0 Å². The Hall–Kier alpha value is -1.33. The summed E-state index contributed by atoms with van der Waals surface area (Å²) in [6.07, 6.45) is 2.42. The fourth-order valence-corrected chi connectivity index (χ4v) is 2.38. The summed E-state index contributed by atoms with van der Waals surface area (Å²) < 4.78 is 53.4. The van der Waals surface area contributed by atoms with Crippen molar-refractivity contribution in [2.24, 2.45) is 5.41 Å². The highest BCUT2D eigenvalue weighted by Crippen LogP contribution is 2.37. The Labute approximate surface area is 109 Å². The largest absolute Gasteiger partial charge is 0.366 e. The number of pyridine rings is 1. The van der Waals surface area contributed by atoms with Crippen LogP contribution in [0.15, 0.2) is 0 Å². The zero-order chi connectivity index (χ0) is 14.2. The minimum Gasteiger partial charge on any atom is -0.366 e. The molecule has 0 aromatic carbocycles. The van der Waals surface area contributed by atoms with Crippen molar-refractivity contribution >= 4 is 5.69 Å². The van der Waals surface area contributed by atoms with E-state index in [4.69, 9.17) is 0 Å². The van der Waals surface area contributed by atoms with Gasteiger partial charge in [-0.15, -0.1) is 0 Å². The molecule has 1 aliphatic rings. The van der Waals surface area contributed by atoms with Crippen molar-refractivity contribution in [1.82, 2.24) is 4.98 Å². The van der Waals surface area contributed by atoms with Crippen LogP contribution in [0.1, 0.15) is 33.1 Å². The van der Waals surface area contributed by atoms with Crippen molar-refractivity contribution in [2.45, 2.75) is 33.1 Å². The summed E-state index contributed by atoms with van der Waals surface area (Å²) in [6.45, 7) is 4.91. The van der Waals surface area contributed by atoms with Crippen LogP contribution in [-0.2, 0) is 0 Å². The predicted molar refractivity (Wildman–Crippen MR) is 63.9 cm³/mol. The highest BCUT2D eigenvalue weighted by atomic mass is 19.2. The lowest BCUT2D eigenvalue weighted by molar-refractivity contribution is 0.236. The molecule has 6 heteroatoms. The first-order chi connectivity index (χ1) is 8.88. The van der Waals surface area contributed by atoms with E-state index in [1.54, 1.807) is 0 Å². The maximum Gasteiger partial charge on any atom is 0.253 e. The SMILES string of the molecule is CCC1(C)CCN(c2c(F)c(F)nc(F)c2F)CC1. The molecule has 19 heavy (non-hydrogen) atoms. The molecule has 0 spiro atoms. The van der Waals surface area contributed by atoms with Crippen LogP contribution in [-0.4, -0.2) is 18.1 Å². The molecule has 0 radical (unpaired) electrons. The third-order valence-electron chi connectivity index (χ3n) is 4.11. The van der Waals surface area contributed by atoms with Gasteiger partial charge in [-0.3, -0.25) is 0 Å². The first-order valence-corrected chi connectivity index (χ1v) is 6.33. The molecule has 0 saturated carbocycles. The molecule has 1 aromatic rings. The second kappa shape index (κ2) is 4.98. The third kappa shape index (κ3) is 2.53. The van der Waals surface area contributed by atoms with Gasteiger partial charge >= 0.3 is 0 Å². The third-order valence-corrected chi connectivity index (χ3v) is 4.11. The fourth-order valence-electron chi connectivity index (χ4n) is 2.38. The number of nitrogens with zero attached hydrogens (tertiary/aromatic N) is 2. The van der Waals surface area contributed by atoms with Gasteiger partial charge in [0.1, 0.15) is 5.69 Å². The zero-order valence-corrected chi connectivity index (χ0v) is 10.9. The van der Waals surface area contributed by atoms with Gasteiger partial charge in [0.05, 0.1) is 0 Å². The first-order valence-electron chi connectivity index (χ1n) is 6.33. The van der Waals surface area contributed by atoms with Crippen LogP contribution in [0.5, 0.6) is 0 Å². The number of piperidine rings is 1. The van der Waals surface area contributed by atoms with Crippen LogP contribution < -0.4 is 4.90 Å². The number of rotatable bonds is 2. The molecule has 1 aliphatic heterocycles. The number of anilines is 1. The molecule has 1 aromatic heterocycles. The standard InChI is InChI=1S/C13H16F4N2/c1-3-13(2)4-6-19(7-5-13)10-8(14)11(16)18-12(17)9(10)15/h3-7H2,1-2H3. The summed E-state index contributed by atoms with van der Waals surface area (Å²) in [6, 6.07) is 0. The molecule has 0 atom stereocenters.